The molecule has 1 amide bonds. The molecule has 9 nitrogen and oxygen atoms in total. The summed E-state index contributed by atoms with van der Waals surface area (Å²) in [5.74, 6) is -0.663. The second-order valence-electron chi connectivity index (χ2n) is 12.5. The molecule has 46 heavy (non-hydrogen) atoms. The van der Waals surface area contributed by atoms with Crippen LogP contribution < -0.4 is 9.46 Å². The average molecular weight is 654 g/mol. The molecule has 4 bridgehead atoms. The van der Waals surface area contributed by atoms with Gasteiger partial charge in [-0.2, -0.15) is 18.2 Å². The molecule has 0 fully saturated rings. The van der Waals surface area contributed by atoms with Crippen molar-refractivity contribution >= 4 is 21.9 Å². The molecule has 0 unspecified atom stereocenters. The molecule has 0 saturated carbocycles. The van der Waals surface area contributed by atoms with Gasteiger partial charge in [0.2, 0.25) is 11.8 Å². The minimum absolute atomic E-state index is 0.0568. The lowest BCUT2D eigenvalue weighted by atomic mass is 9.87. The predicted molar refractivity (Wildman–Crippen MR) is 167 cm³/mol. The third kappa shape index (κ3) is 7.47. The molecule has 0 radical (unpaired) electrons. The van der Waals surface area contributed by atoms with Crippen LogP contribution in [0, 0.1) is 19.3 Å². The number of nitrogens with one attached hydrogen (secondary N) is 1. The Balaban J connectivity index is 1.65. The number of rotatable bonds is 4. The number of ether oxygens (including phenoxy) is 1. The van der Waals surface area contributed by atoms with Gasteiger partial charge < -0.3 is 9.64 Å². The Kier molecular flexibility index (Phi) is 8.82. The number of hydrogen-bond donors (Lipinski definition) is 1. The van der Waals surface area contributed by atoms with Gasteiger partial charge in [-0.25, -0.2) is 18.1 Å². The SMILES string of the molecule is Cc1cccc(C)c1-c1cc2nc(n1)NS(=O)(=O)c1cccc(c1)C(=O)N(Cc1ccc(C(F)(F)F)cn1)[C@H](CC(C)(C)C)CO2. The highest BCUT2D eigenvalue weighted by atomic mass is 32.2. The Bertz CT molecular complexity index is 1850. The molecule has 0 saturated heterocycles. The minimum Gasteiger partial charge on any atom is -0.475 e. The molecule has 0 aliphatic carbocycles. The fourth-order valence-electron chi connectivity index (χ4n) is 5.41. The Morgan fingerprint density at radius 3 is 2.30 bits per heavy atom. The molecule has 13 heteroatoms. The molecule has 3 heterocycles. The summed E-state index contributed by atoms with van der Waals surface area (Å²) in [6.07, 6.45) is -3.41. The number of aromatic nitrogens is 3. The number of aryl methyl sites for hydroxylation is 2. The zero-order chi connectivity index (χ0) is 33.4. The van der Waals surface area contributed by atoms with Crippen LogP contribution in [0.5, 0.6) is 5.88 Å². The number of carbonyl (C=O) groups is 1. The summed E-state index contributed by atoms with van der Waals surface area (Å²) >= 11 is 0. The number of halogens is 3. The van der Waals surface area contributed by atoms with Crippen molar-refractivity contribution < 1.29 is 31.1 Å². The summed E-state index contributed by atoms with van der Waals surface area (Å²) in [5, 5.41) is 0. The van der Waals surface area contributed by atoms with Crippen molar-refractivity contribution in [1.82, 2.24) is 19.9 Å². The number of alkyl halides is 3. The monoisotopic (exact) mass is 653 g/mol. The van der Waals surface area contributed by atoms with Gasteiger partial charge >= 0.3 is 6.18 Å². The second-order valence-corrected chi connectivity index (χ2v) is 14.2. The van der Waals surface area contributed by atoms with E-state index in [0.717, 1.165) is 29.0 Å². The first-order chi connectivity index (χ1) is 21.5. The van der Waals surface area contributed by atoms with Gasteiger partial charge in [0, 0.05) is 23.4 Å². The highest BCUT2D eigenvalue weighted by Crippen LogP contribution is 2.32. The molecule has 4 aromatic rings. The van der Waals surface area contributed by atoms with Crippen LogP contribution in [0.4, 0.5) is 19.1 Å². The van der Waals surface area contributed by atoms with Crippen LogP contribution in [0.1, 0.15) is 59.9 Å². The minimum atomic E-state index is -4.57. The van der Waals surface area contributed by atoms with E-state index in [1.54, 1.807) is 6.07 Å². The van der Waals surface area contributed by atoms with Crippen molar-refractivity contribution in [3.63, 3.8) is 0 Å². The third-order valence-electron chi connectivity index (χ3n) is 7.51. The van der Waals surface area contributed by atoms with Gasteiger partial charge in [0.15, 0.2) is 0 Å². The van der Waals surface area contributed by atoms with Crippen molar-refractivity contribution in [2.24, 2.45) is 5.41 Å². The first-order valence-electron chi connectivity index (χ1n) is 14.5. The molecule has 5 rings (SSSR count). The first-order valence-corrected chi connectivity index (χ1v) is 16.0. The van der Waals surface area contributed by atoms with E-state index in [1.165, 1.54) is 35.2 Å². The molecule has 1 atom stereocenters. The summed E-state index contributed by atoms with van der Waals surface area (Å²) in [6, 6.07) is 14.4. The standard InChI is InChI=1S/C33H34F3N5O4S/c1-20-8-6-9-21(2)29(20)27-15-28-39-31(38-27)40-46(43,44)26-11-7-10-22(14-26)30(42)41(25(19-45-28)16-32(3,4)5)18-24-13-12-23(17-37-24)33(34,35)36/h6-15,17,25H,16,18-19H2,1-5H3,(H,38,39,40)/t25-/m1/s1. The number of nitrogens with zero attached hydrogens (tertiary/aromatic N) is 4. The van der Waals surface area contributed by atoms with Gasteiger partial charge in [0.25, 0.3) is 15.9 Å². The van der Waals surface area contributed by atoms with Gasteiger partial charge in [0.05, 0.1) is 34.4 Å². The predicted octanol–water partition coefficient (Wildman–Crippen LogP) is 6.81. The van der Waals surface area contributed by atoms with Gasteiger partial charge in [-0.3, -0.25) is 9.78 Å². The van der Waals surface area contributed by atoms with E-state index in [0.29, 0.717) is 12.1 Å². The molecular formula is C33H34F3N5O4S. The Morgan fingerprint density at radius 1 is 0.978 bits per heavy atom. The molecule has 1 N–H and O–H groups in total. The van der Waals surface area contributed by atoms with Crippen LogP contribution in [0.25, 0.3) is 11.3 Å². The molecule has 2 aromatic heterocycles. The van der Waals surface area contributed by atoms with E-state index in [9.17, 15) is 26.4 Å². The van der Waals surface area contributed by atoms with Crippen molar-refractivity contribution in [2.75, 3.05) is 11.3 Å². The number of sulfonamides is 1. The fraction of sp³-hybridized carbons (Fsp3) is 0.333. The van der Waals surface area contributed by atoms with Crippen molar-refractivity contribution in [3.05, 3.63) is 94.8 Å². The topological polar surface area (TPSA) is 114 Å². The van der Waals surface area contributed by atoms with E-state index < -0.39 is 33.7 Å². The fourth-order valence-corrected chi connectivity index (χ4v) is 6.40. The maximum Gasteiger partial charge on any atom is 0.417 e. The Hall–Kier alpha value is -4.52. The van der Waals surface area contributed by atoms with Crippen LogP contribution in [0.15, 0.2) is 71.8 Å². The van der Waals surface area contributed by atoms with Gasteiger partial charge in [-0.1, -0.05) is 45.0 Å². The summed E-state index contributed by atoms with van der Waals surface area (Å²) in [7, 11) is -4.26. The first kappa shape index (κ1) is 32.9. The number of fused-ring (bicyclic) bond motifs is 4. The Morgan fingerprint density at radius 2 is 1.67 bits per heavy atom. The highest BCUT2D eigenvalue weighted by molar-refractivity contribution is 7.92. The second kappa shape index (κ2) is 12.3. The van der Waals surface area contributed by atoms with Crippen LogP contribution >= 0.6 is 0 Å². The van der Waals surface area contributed by atoms with Crippen LogP contribution in [0.3, 0.4) is 0 Å². The zero-order valence-electron chi connectivity index (χ0n) is 26.0. The van der Waals surface area contributed by atoms with Gasteiger partial charge in [-0.15, -0.1) is 0 Å². The molecule has 242 valence electrons. The van der Waals surface area contributed by atoms with Crippen LogP contribution in [0.2, 0.25) is 0 Å². The summed E-state index contributed by atoms with van der Waals surface area (Å²) in [5.41, 5.74) is 2.11. The lowest BCUT2D eigenvalue weighted by Crippen LogP contribution is -2.45. The highest BCUT2D eigenvalue weighted by Gasteiger charge is 2.33. The zero-order valence-corrected chi connectivity index (χ0v) is 26.8. The molecule has 1 aliphatic heterocycles. The van der Waals surface area contributed by atoms with E-state index in [4.69, 9.17) is 4.74 Å². The normalized spacial score (nSPS) is 16.8. The van der Waals surface area contributed by atoms with Crippen molar-refractivity contribution in [1.29, 1.82) is 0 Å². The molecule has 2 aromatic carbocycles. The summed E-state index contributed by atoms with van der Waals surface area (Å²) < 4.78 is 75.5. The third-order valence-corrected chi connectivity index (χ3v) is 8.84. The lowest BCUT2D eigenvalue weighted by Gasteiger charge is -2.35. The van der Waals surface area contributed by atoms with Crippen molar-refractivity contribution in [2.45, 2.75) is 64.7 Å². The lowest BCUT2D eigenvalue weighted by molar-refractivity contribution is -0.137. The van der Waals surface area contributed by atoms with Crippen molar-refractivity contribution in [3.8, 4) is 17.1 Å². The van der Waals surface area contributed by atoms with Crippen LogP contribution in [-0.2, 0) is 22.7 Å². The number of pyridine rings is 1. The maximum atomic E-state index is 14.2. The number of benzene rings is 2. The molecule has 1 aliphatic rings. The van der Waals surface area contributed by atoms with Gasteiger partial charge in [-0.05, 0) is 67.1 Å². The summed E-state index contributed by atoms with van der Waals surface area (Å²) in [6.45, 7) is 9.60. The number of hydrogen-bond acceptors (Lipinski definition) is 7. The maximum absolute atomic E-state index is 14.2. The quantitative estimate of drug-likeness (QED) is 0.257. The van der Waals surface area contributed by atoms with E-state index in [-0.39, 0.29) is 46.5 Å². The number of anilines is 1. The largest absolute Gasteiger partial charge is 0.475 e. The van der Waals surface area contributed by atoms with Crippen LogP contribution in [-0.4, -0.2) is 46.8 Å². The number of carbonyl (C=O) groups excluding carboxylic acids is 1. The smallest absolute Gasteiger partial charge is 0.417 e. The average Bonchev–Trinajstić information content (AvgIpc) is 2.96. The van der Waals surface area contributed by atoms with E-state index in [1.807, 2.05) is 52.8 Å². The summed E-state index contributed by atoms with van der Waals surface area (Å²) in [4.78, 5) is 28.3. The molecule has 0 spiro atoms. The number of amides is 1. The Labute approximate surface area is 265 Å². The van der Waals surface area contributed by atoms with E-state index >= 15 is 0 Å². The van der Waals surface area contributed by atoms with E-state index in [2.05, 4.69) is 19.7 Å². The molecular weight excluding hydrogens is 619 g/mol. The van der Waals surface area contributed by atoms with Gasteiger partial charge in [0.1, 0.15) is 6.61 Å².